The summed E-state index contributed by atoms with van der Waals surface area (Å²) in [6.07, 6.45) is 0.471. The van der Waals surface area contributed by atoms with Crippen molar-refractivity contribution < 1.29 is 14.3 Å². The lowest BCUT2D eigenvalue weighted by Crippen LogP contribution is -2.50. The summed E-state index contributed by atoms with van der Waals surface area (Å²) in [4.78, 5) is 26.6. The first-order valence-corrected chi connectivity index (χ1v) is 9.25. The number of hydrogen-bond acceptors (Lipinski definition) is 4. The first-order chi connectivity index (χ1) is 12.8. The number of benzene rings is 1. The van der Waals surface area contributed by atoms with Crippen molar-refractivity contribution in [2.45, 2.75) is 59.4 Å². The molecule has 0 fully saturated rings. The second-order valence-corrected chi connectivity index (χ2v) is 7.09. The van der Waals surface area contributed by atoms with Gasteiger partial charge in [-0.3, -0.25) is 14.5 Å². The van der Waals surface area contributed by atoms with Crippen LogP contribution in [0.2, 0.25) is 0 Å². The van der Waals surface area contributed by atoms with Gasteiger partial charge in [0.25, 0.3) is 0 Å². The molecule has 1 aromatic carbocycles. The Morgan fingerprint density at radius 1 is 1.26 bits per heavy atom. The fourth-order valence-electron chi connectivity index (χ4n) is 3.17. The molecule has 0 bridgehead atoms. The molecule has 0 saturated carbocycles. The van der Waals surface area contributed by atoms with E-state index in [2.05, 4.69) is 10.4 Å². The van der Waals surface area contributed by atoms with E-state index in [-0.39, 0.29) is 17.9 Å². The van der Waals surface area contributed by atoms with Crippen LogP contribution in [0, 0.1) is 6.92 Å². The number of fused-ring (bicyclic) bond motifs is 1. The van der Waals surface area contributed by atoms with E-state index in [4.69, 9.17) is 4.74 Å². The number of aryl methyl sites for hydroxylation is 2. The highest BCUT2D eigenvalue weighted by atomic mass is 16.5. The summed E-state index contributed by atoms with van der Waals surface area (Å²) >= 11 is 0. The molecule has 7 heteroatoms. The number of nitrogens with zero attached hydrogens (tertiary/aromatic N) is 3. The Labute approximate surface area is 159 Å². The average Bonchev–Trinajstić information content (AvgIpc) is 3.00. The maximum absolute atomic E-state index is 12.6. The van der Waals surface area contributed by atoms with Gasteiger partial charge in [-0.1, -0.05) is 12.1 Å². The maximum Gasteiger partial charge on any atom is 0.243 e. The zero-order chi connectivity index (χ0) is 19.6. The average molecular weight is 370 g/mol. The molecule has 1 aromatic heterocycles. The minimum absolute atomic E-state index is 0.0553. The summed E-state index contributed by atoms with van der Waals surface area (Å²) < 4.78 is 7.41. The predicted molar refractivity (Wildman–Crippen MR) is 103 cm³/mol. The number of anilines is 1. The molecule has 7 nitrogen and oxygen atoms in total. The van der Waals surface area contributed by atoms with Crippen molar-refractivity contribution in [3.8, 4) is 5.75 Å². The molecule has 27 heavy (non-hydrogen) atoms. The Kier molecular flexibility index (Phi) is 5.48. The normalized spacial score (nSPS) is 14.9. The van der Waals surface area contributed by atoms with Crippen LogP contribution in [0.3, 0.4) is 0 Å². The molecule has 1 aliphatic rings. The third-order valence-electron chi connectivity index (χ3n) is 4.46. The van der Waals surface area contributed by atoms with Crippen molar-refractivity contribution in [2.24, 2.45) is 0 Å². The molecule has 0 spiro atoms. The molecule has 0 saturated heterocycles. The van der Waals surface area contributed by atoms with Gasteiger partial charge in [-0.05, 0) is 45.4 Å². The number of rotatable bonds is 6. The first-order valence-electron chi connectivity index (χ1n) is 9.25. The van der Waals surface area contributed by atoms with E-state index < -0.39 is 6.04 Å². The molecule has 1 atom stereocenters. The van der Waals surface area contributed by atoms with Crippen LogP contribution in [-0.4, -0.2) is 33.7 Å². The zero-order valence-corrected chi connectivity index (χ0v) is 16.2. The fraction of sp³-hybridized carbons (Fsp3) is 0.450. The van der Waals surface area contributed by atoms with Gasteiger partial charge in [0.05, 0.1) is 18.3 Å². The molecule has 3 rings (SSSR count). The maximum atomic E-state index is 12.6. The van der Waals surface area contributed by atoms with Crippen molar-refractivity contribution in [1.82, 2.24) is 15.1 Å². The Morgan fingerprint density at radius 3 is 2.63 bits per heavy atom. The van der Waals surface area contributed by atoms with Crippen molar-refractivity contribution in [3.05, 3.63) is 41.6 Å². The number of hydrogen-bond donors (Lipinski definition) is 1. The van der Waals surface area contributed by atoms with E-state index in [0.29, 0.717) is 25.3 Å². The number of aromatic nitrogens is 2. The summed E-state index contributed by atoms with van der Waals surface area (Å²) in [7, 11) is 0. The molecular formula is C20H26N4O3. The van der Waals surface area contributed by atoms with Gasteiger partial charge in [0.15, 0.2) is 0 Å². The highest BCUT2D eigenvalue weighted by Crippen LogP contribution is 2.24. The molecule has 144 valence electrons. The summed E-state index contributed by atoms with van der Waals surface area (Å²) in [6, 6.07) is 8.87. The van der Waals surface area contributed by atoms with Gasteiger partial charge in [-0.2, -0.15) is 5.10 Å². The molecule has 2 heterocycles. The monoisotopic (exact) mass is 370 g/mol. The van der Waals surface area contributed by atoms with E-state index in [9.17, 15) is 9.59 Å². The smallest absolute Gasteiger partial charge is 0.243 e. The van der Waals surface area contributed by atoms with Crippen LogP contribution in [-0.2, 0) is 22.7 Å². The van der Waals surface area contributed by atoms with Crippen LogP contribution in [0.25, 0.3) is 0 Å². The van der Waals surface area contributed by atoms with Crippen LogP contribution in [0.15, 0.2) is 30.3 Å². The third kappa shape index (κ3) is 4.30. The standard InChI is InChI=1S/C20H26N4O3/c1-13(2)27-17-7-5-16(6-8-17)12-21-20(26)15(4)24-18-11-14(3)22-23(18)10-9-19(24)25/h5-8,11,13,15H,9-10,12H2,1-4H3,(H,21,26)/t15-/m0/s1. The Hall–Kier alpha value is -2.83. The zero-order valence-electron chi connectivity index (χ0n) is 16.2. The van der Waals surface area contributed by atoms with Crippen LogP contribution in [0.4, 0.5) is 5.82 Å². The lowest BCUT2D eigenvalue weighted by atomic mass is 10.1. The van der Waals surface area contributed by atoms with Gasteiger partial charge in [-0.25, -0.2) is 4.68 Å². The number of carbonyl (C=O) groups is 2. The Balaban J connectivity index is 1.63. The molecule has 0 radical (unpaired) electrons. The van der Waals surface area contributed by atoms with E-state index in [1.165, 1.54) is 0 Å². The molecule has 1 aliphatic heterocycles. The van der Waals surface area contributed by atoms with Gasteiger partial charge in [-0.15, -0.1) is 0 Å². The van der Waals surface area contributed by atoms with Gasteiger partial charge < -0.3 is 10.1 Å². The molecule has 1 N–H and O–H groups in total. The fourth-order valence-corrected chi connectivity index (χ4v) is 3.17. The molecular weight excluding hydrogens is 344 g/mol. The topological polar surface area (TPSA) is 76.5 Å². The van der Waals surface area contributed by atoms with E-state index in [0.717, 1.165) is 17.0 Å². The predicted octanol–water partition coefficient (Wildman–Crippen LogP) is 2.42. The molecule has 2 aromatic rings. The van der Waals surface area contributed by atoms with Crippen LogP contribution >= 0.6 is 0 Å². The lowest BCUT2D eigenvalue weighted by molar-refractivity contribution is -0.126. The van der Waals surface area contributed by atoms with E-state index >= 15 is 0 Å². The Bertz CT molecular complexity index is 826. The summed E-state index contributed by atoms with van der Waals surface area (Å²) in [5.41, 5.74) is 1.80. The van der Waals surface area contributed by atoms with Crippen molar-refractivity contribution in [3.63, 3.8) is 0 Å². The minimum atomic E-state index is -0.601. The van der Waals surface area contributed by atoms with Gasteiger partial charge in [0, 0.05) is 19.0 Å². The number of carbonyl (C=O) groups excluding carboxylic acids is 2. The van der Waals surface area contributed by atoms with Gasteiger partial charge in [0.1, 0.15) is 17.6 Å². The van der Waals surface area contributed by atoms with E-state index in [1.807, 2.05) is 51.1 Å². The third-order valence-corrected chi connectivity index (χ3v) is 4.46. The molecule has 0 unspecified atom stereocenters. The number of amides is 2. The SMILES string of the molecule is Cc1cc2n(n1)CCC(=O)N2[C@@H](C)C(=O)NCc1ccc(OC(C)C)cc1. The first kappa shape index (κ1) is 18.9. The molecule has 2 amide bonds. The van der Waals surface area contributed by atoms with Gasteiger partial charge in [0.2, 0.25) is 11.8 Å². The number of nitrogens with one attached hydrogen (secondary N) is 1. The number of ether oxygens (including phenoxy) is 1. The van der Waals surface area contributed by atoms with Crippen LogP contribution in [0.5, 0.6) is 5.75 Å². The largest absolute Gasteiger partial charge is 0.491 e. The van der Waals surface area contributed by atoms with Crippen molar-refractivity contribution >= 4 is 17.6 Å². The summed E-state index contributed by atoms with van der Waals surface area (Å²) in [5, 5.41) is 7.29. The van der Waals surface area contributed by atoms with Crippen LogP contribution < -0.4 is 15.0 Å². The highest BCUT2D eigenvalue weighted by molar-refractivity contribution is 6.00. The minimum Gasteiger partial charge on any atom is -0.491 e. The van der Waals surface area contributed by atoms with Gasteiger partial charge >= 0.3 is 0 Å². The second-order valence-electron chi connectivity index (χ2n) is 7.09. The van der Waals surface area contributed by atoms with Crippen molar-refractivity contribution in [1.29, 1.82) is 0 Å². The second kappa shape index (κ2) is 7.82. The summed E-state index contributed by atoms with van der Waals surface area (Å²) in [6.45, 7) is 8.52. The summed E-state index contributed by atoms with van der Waals surface area (Å²) in [5.74, 6) is 1.23. The van der Waals surface area contributed by atoms with Crippen LogP contribution in [0.1, 0.15) is 38.4 Å². The molecule has 0 aliphatic carbocycles. The van der Waals surface area contributed by atoms with Crippen molar-refractivity contribution in [2.75, 3.05) is 4.90 Å². The quantitative estimate of drug-likeness (QED) is 0.847. The van der Waals surface area contributed by atoms with E-state index in [1.54, 1.807) is 16.5 Å². The highest BCUT2D eigenvalue weighted by Gasteiger charge is 2.32. The lowest BCUT2D eigenvalue weighted by Gasteiger charge is -2.31. The Morgan fingerprint density at radius 2 is 1.96 bits per heavy atom.